The lowest BCUT2D eigenvalue weighted by Crippen LogP contribution is -2.45. The number of guanidine groups is 1. The Balaban J connectivity index is 1.94. The summed E-state index contributed by atoms with van der Waals surface area (Å²) in [6.45, 7) is 10.1. The van der Waals surface area contributed by atoms with Gasteiger partial charge in [-0.25, -0.2) is 9.98 Å². The third-order valence-electron chi connectivity index (χ3n) is 4.07. The van der Waals surface area contributed by atoms with Crippen LogP contribution >= 0.6 is 11.3 Å². The van der Waals surface area contributed by atoms with E-state index in [-0.39, 0.29) is 11.5 Å². The molecule has 1 aromatic rings. The number of aliphatic hydroxyl groups excluding tert-OH is 1. The first kappa shape index (κ1) is 18.2. The molecule has 1 heterocycles. The molecule has 1 saturated carbocycles. The summed E-state index contributed by atoms with van der Waals surface area (Å²) in [6.07, 6.45) is 3.61. The van der Waals surface area contributed by atoms with Crippen LogP contribution < -0.4 is 10.6 Å². The van der Waals surface area contributed by atoms with Crippen LogP contribution in [0.4, 0.5) is 0 Å². The summed E-state index contributed by atoms with van der Waals surface area (Å²) in [4.78, 5) is 9.37. The molecule has 1 aliphatic rings. The molecular formula is C17H30N4OS. The third kappa shape index (κ3) is 5.77. The van der Waals surface area contributed by atoms with Gasteiger partial charge in [-0.1, -0.05) is 20.8 Å². The van der Waals surface area contributed by atoms with Crippen molar-refractivity contribution in [1.29, 1.82) is 0 Å². The van der Waals surface area contributed by atoms with Gasteiger partial charge in [0.1, 0.15) is 5.01 Å². The molecule has 0 aromatic carbocycles. The van der Waals surface area contributed by atoms with Crippen LogP contribution in [0.2, 0.25) is 0 Å². The van der Waals surface area contributed by atoms with Gasteiger partial charge in [-0.3, -0.25) is 0 Å². The van der Waals surface area contributed by atoms with E-state index in [4.69, 9.17) is 4.98 Å². The molecular weight excluding hydrogens is 308 g/mol. The number of nitrogens with zero attached hydrogens (tertiary/aromatic N) is 2. The summed E-state index contributed by atoms with van der Waals surface area (Å²) in [7, 11) is 0. The molecule has 0 amide bonds. The Bertz CT molecular complexity index is 513. The number of nitrogens with one attached hydrogen (secondary N) is 2. The maximum Gasteiger partial charge on any atom is 0.191 e. The second-order valence-corrected chi connectivity index (χ2v) is 8.16. The summed E-state index contributed by atoms with van der Waals surface area (Å²) in [5.74, 6) is 0.849. The predicted octanol–water partition coefficient (Wildman–Crippen LogP) is 2.80. The molecule has 0 aliphatic heterocycles. The van der Waals surface area contributed by atoms with E-state index in [0.29, 0.717) is 12.6 Å². The Kier molecular flexibility index (Phi) is 6.41. The normalized spacial score (nSPS) is 22.9. The van der Waals surface area contributed by atoms with Gasteiger partial charge in [-0.05, 0) is 32.6 Å². The molecule has 1 aromatic heterocycles. The van der Waals surface area contributed by atoms with Gasteiger partial charge in [-0.2, -0.15) is 0 Å². The van der Waals surface area contributed by atoms with Crippen molar-refractivity contribution in [3.05, 3.63) is 16.1 Å². The maximum atomic E-state index is 9.60. The first-order valence-corrected chi connectivity index (χ1v) is 9.44. The van der Waals surface area contributed by atoms with Crippen LogP contribution in [0.1, 0.15) is 64.1 Å². The molecule has 23 heavy (non-hydrogen) atoms. The van der Waals surface area contributed by atoms with E-state index < -0.39 is 0 Å². The number of hydrogen-bond acceptors (Lipinski definition) is 4. The third-order valence-corrected chi connectivity index (χ3v) is 4.91. The van der Waals surface area contributed by atoms with Crippen LogP contribution in [0.5, 0.6) is 0 Å². The minimum atomic E-state index is -0.126. The van der Waals surface area contributed by atoms with Gasteiger partial charge >= 0.3 is 0 Å². The van der Waals surface area contributed by atoms with Crippen LogP contribution in [0.15, 0.2) is 10.4 Å². The zero-order chi connectivity index (χ0) is 16.9. The van der Waals surface area contributed by atoms with E-state index >= 15 is 0 Å². The molecule has 0 saturated heterocycles. The Hall–Kier alpha value is -1.14. The van der Waals surface area contributed by atoms with E-state index in [1.54, 1.807) is 11.3 Å². The van der Waals surface area contributed by atoms with Crippen LogP contribution in [0.3, 0.4) is 0 Å². The van der Waals surface area contributed by atoms with Crippen LogP contribution in [0, 0.1) is 0 Å². The number of aliphatic hydroxyl groups is 1. The molecule has 0 bridgehead atoms. The number of rotatable bonds is 4. The summed E-state index contributed by atoms with van der Waals surface area (Å²) in [5, 5.41) is 19.6. The summed E-state index contributed by atoms with van der Waals surface area (Å²) < 4.78 is 0. The smallest absolute Gasteiger partial charge is 0.191 e. The van der Waals surface area contributed by atoms with Crippen molar-refractivity contribution >= 4 is 17.3 Å². The van der Waals surface area contributed by atoms with E-state index in [2.05, 4.69) is 48.7 Å². The summed E-state index contributed by atoms with van der Waals surface area (Å²) >= 11 is 1.68. The van der Waals surface area contributed by atoms with E-state index in [1.165, 1.54) is 0 Å². The van der Waals surface area contributed by atoms with E-state index in [0.717, 1.165) is 48.9 Å². The monoisotopic (exact) mass is 338 g/mol. The number of hydrogen-bond donors (Lipinski definition) is 3. The van der Waals surface area contributed by atoms with Crippen LogP contribution in [-0.4, -0.2) is 34.7 Å². The highest BCUT2D eigenvalue weighted by molar-refractivity contribution is 7.09. The highest BCUT2D eigenvalue weighted by Gasteiger charge is 2.20. The van der Waals surface area contributed by atoms with Crippen LogP contribution in [-0.2, 0) is 12.0 Å². The molecule has 1 aliphatic carbocycles. The zero-order valence-corrected chi connectivity index (χ0v) is 15.5. The van der Waals surface area contributed by atoms with Crippen molar-refractivity contribution in [3.8, 4) is 0 Å². The Morgan fingerprint density at radius 2 is 2.04 bits per heavy atom. The van der Waals surface area contributed by atoms with E-state index in [1.807, 2.05) is 0 Å². The lowest BCUT2D eigenvalue weighted by Gasteiger charge is -2.27. The van der Waals surface area contributed by atoms with E-state index in [9.17, 15) is 5.11 Å². The van der Waals surface area contributed by atoms with Crippen molar-refractivity contribution < 1.29 is 5.11 Å². The average Bonchev–Trinajstić information content (AvgIpc) is 2.96. The van der Waals surface area contributed by atoms with Gasteiger partial charge in [0, 0.05) is 23.4 Å². The summed E-state index contributed by atoms with van der Waals surface area (Å²) in [6, 6.07) is 0.401. The van der Waals surface area contributed by atoms with Gasteiger partial charge in [-0.15, -0.1) is 11.3 Å². The Morgan fingerprint density at radius 3 is 2.61 bits per heavy atom. The number of aliphatic imine (C=N–C) groups is 1. The molecule has 0 unspecified atom stereocenters. The van der Waals surface area contributed by atoms with Crippen molar-refractivity contribution in [3.63, 3.8) is 0 Å². The topological polar surface area (TPSA) is 69.5 Å². The minimum Gasteiger partial charge on any atom is -0.393 e. The SMILES string of the molecule is CCNC(=NCc1nc(C(C)(C)C)cs1)NC1CCC(O)CC1. The molecule has 2 rings (SSSR count). The highest BCUT2D eigenvalue weighted by atomic mass is 32.1. The second kappa shape index (κ2) is 8.11. The average molecular weight is 339 g/mol. The lowest BCUT2D eigenvalue weighted by atomic mass is 9.93. The molecule has 5 nitrogen and oxygen atoms in total. The lowest BCUT2D eigenvalue weighted by molar-refractivity contribution is 0.120. The predicted molar refractivity (Wildman–Crippen MR) is 97.0 cm³/mol. The standard InChI is InChI=1S/C17H30N4OS/c1-5-18-16(20-12-6-8-13(22)9-7-12)19-10-15-21-14(11-23-15)17(2,3)4/h11-13,22H,5-10H2,1-4H3,(H2,18,19,20). The molecule has 0 radical (unpaired) electrons. The van der Waals surface area contributed by atoms with Gasteiger partial charge in [0.2, 0.25) is 0 Å². The zero-order valence-electron chi connectivity index (χ0n) is 14.7. The molecule has 130 valence electrons. The molecule has 1 fully saturated rings. The fraction of sp³-hybridized carbons (Fsp3) is 0.765. The van der Waals surface area contributed by atoms with Crippen LogP contribution in [0.25, 0.3) is 0 Å². The van der Waals surface area contributed by atoms with Gasteiger partial charge in [0.05, 0.1) is 18.3 Å². The quantitative estimate of drug-likeness (QED) is 0.583. The van der Waals surface area contributed by atoms with Crippen molar-refractivity contribution in [2.45, 2.75) is 77.5 Å². The first-order chi connectivity index (χ1) is 10.9. The largest absolute Gasteiger partial charge is 0.393 e. The Morgan fingerprint density at radius 1 is 1.35 bits per heavy atom. The summed E-state index contributed by atoms with van der Waals surface area (Å²) in [5.41, 5.74) is 1.22. The fourth-order valence-electron chi connectivity index (χ4n) is 2.61. The maximum absolute atomic E-state index is 9.60. The van der Waals surface area contributed by atoms with Crippen molar-refractivity contribution in [1.82, 2.24) is 15.6 Å². The van der Waals surface area contributed by atoms with Gasteiger partial charge < -0.3 is 15.7 Å². The number of aromatic nitrogens is 1. The molecule has 0 spiro atoms. The number of thiazole rings is 1. The first-order valence-electron chi connectivity index (χ1n) is 8.56. The highest BCUT2D eigenvalue weighted by Crippen LogP contribution is 2.24. The molecule has 6 heteroatoms. The molecule has 3 N–H and O–H groups in total. The Labute approximate surface area is 143 Å². The fourth-order valence-corrected chi connectivity index (χ4v) is 3.55. The minimum absolute atomic E-state index is 0.0874. The van der Waals surface area contributed by atoms with Crippen molar-refractivity contribution in [2.24, 2.45) is 4.99 Å². The molecule has 0 atom stereocenters. The second-order valence-electron chi connectivity index (χ2n) is 7.22. The van der Waals surface area contributed by atoms with Gasteiger partial charge in [0.25, 0.3) is 0 Å². The van der Waals surface area contributed by atoms with Gasteiger partial charge in [0.15, 0.2) is 5.96 Å². The van der Waals surface area contributed by atoms with Crippen molar-refractivity contribution in [2.75, 3.05) is 6.54 Å².